The Morgan fingerprint density at radius 1 is 1.40 bits per heavy atom. The summed E-state index contributed by atoms with van der Waals surface area (Å²) in [5, 5.41) is 3.78. The van der Waals surface area contributed by atoms with Gasteiger partial charge in [0.15, 0.2) is 12.6 Å². The van der Waals surface area contributed by atoms with Gasteiger partial charge in [0.1, 0.15) is 19.6 Å². The second-order valence-corrected chi connectivity index (χ2v) is 8.12. The molecule has 1 amide bonds. The van der Waals surface area contributed by atoms with Crippen molar-refractivity contribution in [3.05, 3.63) is 28.2 Å². The van der Waals surface area contributed by atoms with Gasteiger partial charge in [0, 0.05) is 11.6 Å². The molecule has 3 N–H and O–H groups in total. The minimum Gasteiger partial charge on any atom is -0.361 e. The van der Waals surface area contributed by atoms with Crippen LogP contribution in [-0.2, 0) is 9.53 Å². The molecule has 0 radical (unpaired) electrons. The highest BCUT2D eigenvalue weighted by Gasteiger charge is 2.27. The van der Waals surface area contributed by atoms with Crippen molar-refractivity contribution in [2.24, 2.45) is 5.92 Å². The molecule has 0 saturated carbocycles. The summed E-state index contributed by atoms with van der Waals surface area (Å²) < 4.78 is 5.88. The van der Waals surface area contributed by atoms with Crippen LogP contribution in [0.2, 0.25) is 10.0 Å². The molecular formula is C18H29Cl2N3O2+2. The number of halogens is 2. The van der Waals surface area contributed by atoms with Crippen LogP contribution < -0.4 is 15.1 Å². The summed E-state index contributed by atoms with van der Waals surface area (Å²) in [6.45, 7) is 9.79. The molecule has 5 nitrogen and oxygen atoms in total. The van der Waals surface area contributed by atoms with Crippen molar-refractivity contribution in [3.63, 3.8) is 0 Å². The molecule has 2 rings (SSSR count). The average molecular weight is 390 g/mol. The minimum atomic E-state index is -0.0434. The number of morpholine rings is 1. The summed E-state index contributed by atoms with van der Waals surface area (Å²) in [5.74, 6) is 0.647. The van der Waals surface area contributed by atoms with Gasteiger partial charge in [-0.2, -0.15) is 0 Å². The van der Waals surface area contributed by atoms with Crippen LogP contribution in [-0.4, -0.2) is 58.4 Å². The normalized spacial score (nSPS) is 22.0. The van der Waals surface area contributed by atoms with Crippen molar-refractivity contribution in [1.29, 1.82) is 0 Å². The quantitative estimate of drug-likeness (QED) is 0.631. The summed E-state index contributed by atoms with van der Waals surface area (Å²) in [6, 6.07) is 5.09. The van der Waals surface area contributed by atoms with Gasteiger partial charge in [-0.15, -0.1) is 0 Å². The lowest BCUT2D eigenvalue weighted by atomic mass is 10.1. The third-order valence-electron chi connectivity index (χ3n) is 4.26. The van der Waals surface area contributed by atoms with Gasteiger partial charge in [-0.1, -0.05) is 37.0 Å². The van der Waals surface area contributed by atoms with Gasteiger partial charge < -0.3 is 19.9 Å². The first-order valence-corrected chi connectivity index (χ1v) is 9.60. The van der Waals surface area contributed by atoms with E-state index in [2.05, 4.69) is 19.2 Å². The Morgan fingerprint density at radius 2 is 2.16 bits per heavy atom. The maximum atomic E-state index is 12.2. The van der Waals surface area contributed by atoms with Gasteiger partial charge in [-0.3, -0.25) is 4.79 Å². The molecule has 0 bridgehead atoms. The molecule has 7 heteroatoms. The van der Waals surface area contributed by atoms with Crippen LogP contribution >= 0.6 is 23.2 Å². The standard InChI is InChI=1S/C18H27Cl2N3O2/c1-13(2)9-23-6-7-25-15(11-23)10-22(3)12-18(24)21-14-4-5-16(19)17(20)8-14/h4-5,8,13,15H,6-7,9-12H2,1-3H3,(H,21,24)/p+2/t15-/m0/s1. The molecule has 2 unspecified atom stereocenters. The number of likely N-dealkylation sites (N-methyl/N-ethyl adjacent to an activating group) is 1. The summed E-state index contributed by atoms with van der Waals surface area (Å²) in [5.41, 5.74) is 0.661. The van der Waals surface area contributed by atoms with Crippen LogP contribution in [0.3, 0.4) is 0 Å². The van der Waals surface area contributed by atoms with E-state index in [0.29, 0.717) is 28.2 Å². The molecule has 0 aromatic heterocycles. The lowest BCUT2D eigenvalue weighted by Crippen LogP contribution is -3.18. The monoisotopic (exact) mass is 389 g/mol. The van der Waals surface area contributed by atoms with Gasteiger partial charge >= 0.3 is 0 Å². The van der Waals surface area contributed by atoms with Crippen molar-refractivity contribution in [2.75, 3.05) is 51.7 Å². The number of benzene rings is 1. The largest absolute Gasteiger partial charge is 0.361 e. The SMILES string of the molecule is CC(C)C[NH+]1CCO[C@@H](C[NH+](C)CC(=O)Nc2ccc(Cl)c(Cl)c2)C1. The van der Waals surface area contributed by atoms with E-state index >= 15 is 0 Å². The molecule has 1 aromatic rings. The molecular weight excluding hydrogens is 361 g/mol. The van der Waals surface area contributed by atoms with Crippen molar-refractivity contribution < 1.29 is 19.3 Å². The van der Waals surface area contributed by atoms with Gasteiger partial charge in [0.25, 0.3) is 5.91 Å². The number of anilines is 1. The van der Waals surface area contributed by atoms with Gasteiger partial charge in [0.05, 0.1) is 30.2 Å². The summed E-state index contributed by atoms with van der Waals surface area (Å²) in [4.78, 5) is 14.9. The Morgan fingerprint density at radius 3 is 2.84 bits per heavy atom. The number of ether oxygens (including phenoxy) is 1. The van der Waals surface area contributed by atoms with E-state index in [1.807, 2.05) is 7.05 Å². The smallest absolute Gasteiger partial charge is 0.279 e. The van der Waals surface area contributed by atoms with Crippen molar-refractivity contribution >= 4 is 34.8 Å². The Hall–Kier alpha value is -0.850. The maximum Gasteiger partial charge on any atom is 0.279 e. The minimum absolute atomic E-state index is 0.0434. The maximum absolute atomic E-state index is 12.2. The van der Waals surface area contributed by atoms with Crippen LogP contribution in [0.25, 0.3) is 0 Å². The zero-order valence-corrected chi connectivity index (χ0v) is 16.7. The third kappa shape index (κ3) is 7.12. The highest BCUT2D eigenvalue weighted by Crippen LogP contribution is 2.24. The van der Waals surface area contributed by atoms with Crippen LogP contribution in [0.4, 0.5) is 5.69 Å². The molecule has 1 saturated heterocycles. The lowest BCUT2D eigenvalue weighted by molar-refractivity contribution is -0.926. The fraction of sp³-hybridized carbons (Fsp3) is 0.611. The Bertz CT molecular complexity index is 583. The fourth-order valence-corrected chi connectivity index (χ4v) is 3.56. The molecule has 1 fully saturated rings. The van der Waals surface area contributed by atoms with Gasteiger partial charge in [-0.05, 0) is 18.2 Å². The van der Waals surface area contributed by atoms with E-state index in [9.17, 15) is 4.79 Å². The fourth-order valence-electron chi connectivity index (χ4n) is 3.26. The molecule has 25 heavy (non-hydrogen) atoms. The molecule has 140 valence electrons. The van der Waals surface area contributed by atoms with E-state index in [4.69, 9.17) is 27.9 Å². The molecule has 1 aromatic carbocycles. The molecule has 0 aliphatic carbocycles. The van der Waals surface area contributed by atoms with Crippen LogP contribution in [0.15, 0.2) is 18.2 Å². The van der Waals surface area contributed by atoms with E-state index in [1.54, 1.807) is 23.1 Å². The van der Waals surface area contributed by atoms with E-state index < -0.39 is 0 Å². The number of carbonyl (C=O) groups excluding carboxylic acids is 1. The molecule has 1 heterocycles. The molecule has 3 atom stereocenters. The highest BCUT2D eigenvalue weighted by atomic mass is 35.5. The number of quaternary nitrogens is 2. The predicted molar refractivity (Wildman–Crippen MR) is 102 cm³/mol. The van der Waals surface area contributed by atoms with E-state index in [1.165, 1.54) is 6.54 Å². The zero-order valence-electron chi connectivity index (χ0n) is 15.2. The van der Waals surface area contributed by atoms with Crippen LogP contribution in [0, 0.1) is 5.92 Å². The van der Waals surface area contributed by atoms with E-state index in [0.717, 1.165) is 31.1 Å². The number of carbonyl (C=O) groups is 1. The number of amides is 1. The van der Waals surface area contributed by atoms with E-state index in [-0.39, 0.29) is 12.0 Å². The lowest BCUT2D eigenvalue weighted by Gasteiger charge is -2.31. The Kier molecular flexibility index (Phi) is 7.97. The summed E-state index contributed by atoms with van der Waals surface area (Å²) in [6.07, 6.45) is 0.209. The summed E-state index contributed by atoms with van der Waals surface area (Å²) >= 11 is 11.9. The first-order chi connectivity index (χ1) is 11.8. The van der Waals surface area contributed by atoms with Crippen molar-refractivity contribution in [3.8, 4) is 0 Å². The van der Waals surface area contributed by atoms with Gasteiger partial charge in [-0.25, -0.2) is 0 Å². The topological polar surface area (TPSA) is 47.2 Å². The summed E-state index contributed by atoms with van der Waals surface area (Å²) in [7, 11) is 2.02. The first kappa shape index (κ1) is 20.5. The average Bonchev–Trinajstić information content (AvgIpc) is 2.50. The second kappa shape index (κ2) is 9.74. The highest BCUT2D eigenvalue weighted by molar-refractivity contribution is 6.42. The first-order valence-electron chi connectivity index (χ1n) is 8.85. The van der Waals surface area contributed by atoms with Crippen molar-refractivity contribution in [2.45, 2.75) is 20.0 Å². The number of rotatable bonds is 7. The Balaban J connectivity index is 1.77. The molecule has 0 spiro atoms. The molecule has 1 aliphatic rings. The third-order valence-corrected chi connectivity index (χ3v) is 5.00. The predicted octanol–water partition coefficient (Wildman–Crippen LogP) is 0.386. The number of hydrogen-bond donors (Lipinski definition) is 3. The number of hydrogen-bond acceptors (Lipinski definition) is 2. The van der Waals surface area contributed by atoms with Crippen LogP contribution in [0.5, 0.6) is 0 Å². The van der Waals surface area contributed by atoms with Crippen LogP contribution in [0.1, 0.15) is 13.8 Å². The second-order valence-electron chi connectivity index (χ2n) is 7.31. The number of nitrogens with one attached hydrogen (secondary N) is 3. The Labute approximate surface area is 160 Å². The zero-order chi connectivity index (χ0) is 18.4. The van der Waals surface area contributed by atoms with Crippen molar-refractivity contribution in [1.82, 2.24) is 0 Å². The van der Waals surface area contributed by atoms with Gasteiger partial charge in [0.2, 0.25) is 0 Å². The molecule has 1 aliphatic heterocycles.